The second kappa shape index (κ2) is 3.34. The highest BCUT2D eigenvalue weighted by atomic mass is 35.7. The van der Waals surface area contributed by atoms with Crippen LogP contribution in [-0.2, 0) is 9.05 Å². The van der Waals surface area contributed by atoms with Crippen molar-refractivity contribution in [2.24, 2.45) is 0 Å². The fraction of sp³-hybridized carbons (Fsp3) is 0. The molecule has 0 aromatic carbocycles. The molecule has 0 aliphatic rings. The second-order valence-electron chi connectivity index (χ2n) is 2.54. The van der Waals surface area contributed by atoms with Crippen LogP contribution in [0, 0.1) is 0 Å². The SMILES string of the molecule is O=S(=O)(Cl)c1cc2ncc(Cl)cc2s1. The van der Waals surface area contributed by atoms with Gasteiger partial charge in [0.1, 0.15) is 4.21 Å². The smallest absolute Gasteiger partial charge is 0.254 e. The number of aromatic nitrogens is 1. The lowest BCUT2D eigenvalue weighted by Crippen LogP contribution is -1.83. The van der Waals surface area contributed by atoms with Gasteiger partial charge < -0.3 is 0 Å². The molecule has 0 N–H and O–H groups in total. The van der Waals surface area contributed by atoms with Crippen molar-refractivity contribution in [3.63, 3.8) is 0 Å². The third-order valence-corrected chi connectivity index (χ3v) is 4.91. The first-order valence-electron chi connectivity index (χ1n) is 3.46. The zero-order chi connectivity index (χ0) is 10.3. The van der Waals surface area contributed by atoms with E-state index in [0.29, 0.717) is 15.2 Å². The van der Waals surface area contributed by atoms with Gasteiger partial charge in [0.15, 0.2) is 0 Å². The third-order valence-electron chi connectivity index (χ3n) is 1.55. The van der Waals surface area contributed by atoms with E-state index in [2.05, 4.69) is 4.98 Å². The summed E-state index contributed by atoms with van der Waals surface area (Å²) in [6.45, 7) is 0. The van der Waals surface area contributed by atoms with Gasteiger partial charge in [0.25, 0.3) is 9.05 Å². The van der Waals surface area contributed by atoms with Crippen LogP contribution < -0.4 is 0 Å². The van der Waals surface area contributed by atoms with E-state index in [4.69, 9.17) is 22.3 Å². The molecule has 0 saturated carbocycles. The quantitative estimate of drug-likeness (QED) is 0.747. The van der Waals surface area contributed by atoms with Gasteiger partial charge in [-0.05, 0) is 12.1 Å². The molecule has 0 fully saturated rings. The summed E-state index contributed by atoms with van der Waals surface area (Å²) in [4.78, 5) is 3.97. The predicted molar refractivity (Wildman–Crippen MR) is 57.7 cm³/mol. The number of halogens is 2. The molecule has 7 heteroatoms. The van der Waals surface area contributed by atoms with Crippen LogP contribution in [0.4, 0.5) is 0 Å². The Kier molecular flexibility index (Phi) is 2.43. The lowest BCUT2D eigenvalue weighted by molar-refractivity contribution is 0.611. The Bertz CT molecular complexity index is 591. The molecule has 0 aliphatic heterocycles. The molecule has 2 aromatic heterocycles. The first kappa shape index (κ1) is 10.2. The van der Waals surface area contributed by atoms with Gasteiger partial charge >= 0.3 is 0 Å². The van der Waals surface area contributed by atoms with Gasteiger partial charge in [-0.2, -0.15) is 0 Å². The molecule has 0 spiro atoms. The number of pyridine rings is 1. The van der Waals surface area contributed by atoms with Crippen molar-refractivity contribution in [2.45, 2.75) is 4.21 Å². The summed E-state index contributed by atoms with van der Waals surface area (Å²) in [7, 11) is 1.52. The van der Waals surface area contributed by atoms with E-state index < -0.39 is 9.05 Å². The maximum absolute atomic E-state index is 11.0. The van der Waals surface area contributed by atoms with E-state index in [1.807, 2.05) is 0 Å². The molecule has 3 nitrogen and oxygen atoms in total. The van der Waals surface area contributed by atoms with Crippen molar-refractivity contribution < 1.29 is 8.42 Å². The summed E-state index contributed by atoms with van der Waals surface area (Å²) in [5.74, 6) is 0. The van der Waals surface area contributed by atoms with Gasteiger partial charge in [-0.3, -0.25) is 4.98 Å². The molecule has 0 atom stereocenters. The van der Waals surface area contributed by atoms with Crippen LogP contribution in [0.5, 0.6) is 0 Å². The number of rotatable bonds is 1. The average Bonchev–Trinajstić information content (AvgIpc) is 2.45. The molecule has 0 saturated heterocycles. The zero-order valence-corrected chi connectivity index (χ0v) is 9.71. The summed E-state index contributed by atoms with van der Waals surface area (Å²) in [6.07, 6.45) is 1.46. The molecule has 0 unspecified atom stereocenters. The zero-order valence-electron chi connectivity index (χ0n) is 6.57. The molecule has 2 rings (SSSR count). The Hall–Kier alpha value is -0.360. The summed E-state index contributed by atoms with van der Waals surface area (Å²) in [5.41, 5.74) is 0.582. The molecule has 2 heterocycles. The first-order chi connectivity index (χ1) is 6.47. The van der Waals surface area contributed by atoms with Crippen LogP contribution in [0.2, 0.25) is 5.02 Å². The lowest BCUT2D eigenvalue weighted by Gasteiger charge is -1.87. The first-order valence-corrected chi connectivity index (χ1v) is 6.97. The Morgan fingerprint density at radius 1 is 1.36 bits per heavy atom. The third kappa shape index (κ3) is 1.86. The molecule has 14 heavy (non-hydrogen) atoms. The van der Waals surface area contributed by atoms with Crippen LogP contribution in [0.3, 0.4) is 0 Å². The van der Waals surface area contributed by atoms with Crippen LogP contribution in [0.15, 0.2) is 22.5 Å². The van der Waals surface area contributed by atoms with Gasteiger partial charge in [0.2, 0.25) is 0 Å². The number of nitrogens with zero attached hydrogens (tertiary/aromatic N) is 1. The largest absolute Gasteiger partial charge is 0.270 e. The number of fused-ring (bicyclic) bond motifs is 1. The molecule has 0 aliphatic carbocycles. The van der Waals surface area contributed by atoms with Crippen LogP contribution >= 0.6 is 33.6 Å². The standard InChI is InChI=1S/C7H3Cl2NO2S2/c8-4-1-6-5(10-3-4)2-7(13-6)14(9,11)12/h1-3H. The molecule has 0 amide bonds. The van der Waals surface area contributed by atoms with E-state index in [0.717, 1.165) is 11.3 Å². The number of hydrogen-bond acceptors (Lipinski definition) is 4. The van der Waals surface area contributed by atoms with Crippen LogP contribution in [0.25, 0.3) is 10.2 Å². The van der Waals surface area contributed by atoms with E-state index in [1.165, 1.54) is 12.3 Å². The lowest BCUT2D eigenvalue weighted by atomic mass is 10.4. The van der Waals surface area contributed by atoms with Crippen molar-refractivity contribution in [2.75, 3.05) is 0 Å². The van der Waals surface area contributed by atoms with Crippen molar-refractivity contribution in [3.8, 4) is 0 Å². The van der Waals surface area contributed by atoms with Crippen molar-refractivity contribution in [3.05, 3.63) is 23.4 Å². The van der Waals surface area contributed by atoms with Gasteiger partial charge in [-0.1, -0.05) is 11.6 Å². The number of thiophene rings is 1. The van der Waals surface area contributed by atoms with Crippen molar-refractivity contribution >= 4 is 52.9 Å². The monoisotopic (exact) mass is 267 g/mol. The number of hydrogen-bond donors (Lipinski definition) is 0. The summed E-state index contributed by atoms with van der Waals surface area (Å²) in [6, 6.07) is 3.08. The normalized spacial score (nSPS) is 12.1. The van der Waals surface area contributed by atoms with Gasteiger partial charge in [-0.15, -0.1) is 11.3 Å². The molecular weight excluding hydrogens is 265 g/mol. The van der Waals surface area contributed by atoms with E-state index in [-0.39, 0.29) is 4.21 Å². The highest BCUT2D eigenvalue weighted by molar-refractivity contribution is 8.15. The second-order valence-corrected chi connectivity index (χ2v) is 6.85. The molecule has 74 valence electrons. The maximum atomic E-state index is 11.0. The van der Waals surface area contributed by atoms with Gasteiger partial charge in [-0.25, -0.2) is 8.42 Å². The minimum atomic E-state index is -3.67. The fourth-order valence-electron chi connectivity index (χ4n) is 0.991. The minimum absolute atomic E-state index is 0.0870. The van der Waals surface area contributed by atoms with Crippen molar-refractivity contribution in [1.29, 1.82) is 0 Å². The van der Waals surface area contributed by atoms with Gasteiger partial charge in [0, 0.05) is 16.9 Å². The Labute approximate surface area is 93.7 Å². The summed E-state index contributed by atoms with van der Waals surface area (Å²) in [5, 5.41) is 0.470. The Morgan fingerprint density at radius 3 is 2.71 bits per heavy atom. The van der Waals surface area contributed by atoms with Crippen molar-refractivity contribution in [1.82, 2.24) is 4.98 Å². The predicted octanol–water partition coefficient (Wildman–Crippen LogP) is 2.88. The maximum Gasteiger partial charge on any atom is 0.270 e. The average molecular weight is 268 g/mol. The summed E-state index contributed by atoms with van der Waals surface area (Å²) < 4.78 is 22.8. The highest BCUT2D eigenvalue weighted by Crippen LogP contribution is 2.31. The Balaban J connectivity index is 2.75. The van der Waals surface area contributed by atoms with E-state index in [9.17, 15) is 8.42 Å². The fourth-order valence-corrected chi connectivity index (χ4v) is 3.34. The molecule has 2 aromatic rings. The molecular formula is C7H3Cl2NO2S2. The van der Waals surface area contributed by atoms with Crippen LogP contribution in [-0.4, -0.2) is 13.4 Å². The highest BCUT2D eigenvalue weighted by Gasteiger charge is 2.14. The molecule has 0 radical (unpaired) electrons. The Morgan fingerprint density at radius 2 is 2.07 bits per heavy atom. The minimum Gasteiger partial charge on any atom is -0.254 e. The van der Waals surface area contributed by atoms with E-state index in [1.54, 1.807) is 6.07 Å². The van der Waals surface area contributed by atoms with E-state index >= 15 is 0 Å². The van der Waals surface area contributed by atoms with Crippen LogP contribution in [0.1, 0.15) is 0 Å². The van der Waals surface area contributed by atoms with Gasteiger partial charge in [0.05, 0.1) is 15.2 Å². The topological polar surface area (TPSA) is 47.0 Å². The molecule has 0 bridgehead atoms. The summed E-state index contributed by atoms with van der Waals surface area (Å²) >= 11 is 6.76.